The minimum atomic E-state index is -0.182. The quantitative estimate of drug-likeness (QED) is 0.297. The van der Waals surface area contributed by atoms with E-state index in [-0.39, 0.29) is 11.8 Å². The Morgan fingerprint density at radius 2 is 1.84 bits per heavy atom. The van der Waals surface area contributed by atoms with Crippen LogP contribution in [-0.2, 0) is 4.79 Å². The number of fused-ring (bicyclic) bond motifs is 2. The zero-order chi connectivity index (χ0) is 26.8. The van der Waals surface area contributed by atoms with Crippen molar-refractivity contribution in [3.8, 4) is 11.3 Å². The van der Waals surface area contributed by atoms with Crippen molar-refractivity contribution in [1.82, 2.24) is 25.2 Å². The van der Waals surface area contributed by atoms with Crippen LogP contribution in [0.4, 0.5) is 5.69 Å². The number of para-hydroxylation sites is 2. The van der Waals surface area contributed by atoms with Crippen LogP contribution >= 0.6 is 0 Å². The van der Waals surface area contributed by atoms with Gasteiger partial charge in [-0.15, -0.1) is 0 Å². The van der Waals surface area contributed by atoms with E-state index in [1.165, 1.54) is 0 Å². The van der Waals surface area contributed by atoms with Crippen molar-refractivity contribution >= 4 is 40.2 Å². The van der Waals surface area contributed by atoms with Crippen LogP contribution in [0.25, 0.3) is 33.9 Å². The van der Waals surface area contributed by atoms with Crippen molar-refractivity contribution in [2.75, 3.05) is 31.5 Å². The third-order valence-electron chi connectivity index (χ3n) is 7.15. The van der Waals surface area contributed by atoms with Crippen molar-refractivity contribution in [3.05, 3.63) is 76.7 Å². The van der Waals surface area contributed by atoms with Gasteiger partial charge in [-0.3, -0.25) is 14.6 Å². The number of aromatic amines is 1. The van der Waals surface area contributed by atoms with Gasteiger partial charge in [-0.05, 0) is 56.8 Å². The zero-order valence-electron chi connectivity index (χ0n) is 22.2. The summed E-state index contributed by atoms with van der Waals surface area (Å²) in [5.74, 6) is -0.288. The molecule has 2 aromatic heterocycles. The van der Waals surface area contributed by atoms with Crippen molar-refractivity contribution in [2.24, 2.45) is 0 Å². The molecule has 0 atom stereocenters. The number of aryl methyl sites for hydroxylation is 1. The molecule has 3 N–H and O–H groups in total. The number of hydrogen-bond acceptors (Lipinski definition) is 5. The van der Waals surface area contributed by atoms with Crippen LogP contribution in [0.5, 0.6) is 0 Å². The zero-order valence-corrected chi connectivity index (χ0v) is 22.2. The summed E-state index contributed by atoms with van der Waals surface area (Å²) >= 11 is 0. The first-order chi connectivity index (χ1) is 18.4. The van der Waals surface area contributed by atoms with Crippen LogP contribution in [0.3, 0.4) is 0 Å². The van der Waals surface area contributed by atoms with E-state index in [0.29, 0.717) is 17.7 Å². The van der Waals surface area contributed by atoms with Crippen LogP contribution in [0.1, 0.15) is 46.7 Å². The fraction of sp³-hybridized carbons (Fsp3) is 0.267. The molecule has 0 fully saturated rings. The Morgan fingerprint density at radius 3 is 2.61 bits per heavy atom. The fourth-order valence-corrected chi connectivity index (χ4v) is 4.95. The number of carbonyl (C=O) groups is 2. The second-order valence-corrected chi connectivity index (χ2v) is 9.46. The molecule has 2 amide bonds. The van der Waals surface area contributed by atoms with E-state index >= 15 is 0 Å². The molecule has 0 bridgehead atoms. The Kier molecular flexibility index (Phi) is 7.07. The molecule has 1 aliphatic heterocycles. The predicted molar refractivity (Wildman–Crippen MR) is 152 cm³/mol. The van der Waals surface area contributed by atoms with Gasteiger partial charge in [0.15, 0.2) is 0 Å². The first-order valence-corrected chi connectivity index (χ1v) is 13.0. The highest BCUT2D eigenvalue weighted by atomic mass is 16.2. The summed E-state index contributed by atoms with van der Waals surface area (Å²) in [4.78, 5) is 40.7. The third kappa shape index (κ3) is 4.82. The largest absolute Gasteiger partial charge is 0.358 e. The molecule has 1 aliphatic rings. The number of carbonyl (C=O) groups excluding carboxylic acids is 2. The number of nitrogens with one attached hydrogen (secondary N) is 3. The SMILES string of the molecule is CCN(CC)CCNC(=O)c1c(C)[nH]c(/C=C2\C(=O)Nc3cc(-c4cnc5ccccc5n4)ccc32)c1C. The molecule has 8 nitrogen and oxygen atoms in total. The van der Waals surface area contributed by atoms with Gasteiger partial charge in [-0.2, -0.15) is 0 Å². The third-order valence-corrected chi connectivity index (χ3v) is 7.15. The van der Waals surface area contributed by atoms with Crippen LogP contribution in [-0.4, -0.2) is 57.8 Å². The number of hydrogen-bond donors (Lipinski definition) is 3. The number of anilines is 1. The van der Waals surface area contributed by atoms with Gasteiger partial charge in [0, 0.05) is 41.3 Å². The van der Waals surface area contributed by atoms with Crippen LogP contribution in [0.2, 0.25) is 0 Å². The molecule has 8 heteroatoms. The normalized spacial score (nSPS) is 13.8. The minimum Gasteiger partial charge on any atom is -0.358 e. The molecule has 4 aromatic rings. The number of aromatic nitrogens is 3. The topological polar surface area (TPSA) is 103 Å². The second kappa shape index (κ2) is 10.6. The first kappa shape index (κ1) is 25.4. The maximum atomic E-state index is 13.0. The number of H-pyrrole nitrogens is 1. The smallest absolute Gasteiger partial charge is 0.256 e. The Morgan fingerprint density at radius 1 is 1.08 bits per heavy atom. The fourth-order valence-electron chi connectivity index (χ4n) is 4.95. The molecule has 0 radical (unpaired) electrons. The Hall–Kier alpha value is -4.30. The van der Waals surface area contributed by atoms with E-state index in [2.05, 4.69) is 39.3 Å². The molecule has 194 valence electrons. The van der Waals surface area contributed by atoms with E-state index in [4.69, 9.17) is 4.98 Å². The average molecular weight is 509 g/mol. The summed E-state index contributed by atoms with van der Waals surface area (Å²) < 4.78 is 0. The summed E-state index contributed by atoms with van der Waals surface area (Å²) in [6, 6.07) is 13.5. The van der Waals surface area contributed by atoms with Crippen LogP contribution in [0, 0.1) is 13.8 Å². The Labute approximate surface area is 222 Å². The maximum Gasteiger partial charge on any atom is 0.256 e. The molecule has 38 heavy (non-hydrogen) atoms. The van der Waals surface area contributed by atoms with Crippen LogP contribution < -0.4 is 10.6 Å². The molecular weight excluding hydrogens is 476 g/mol. The van der Waals surface area contributed by atoms with Crippen molar-refractivity contribution in [2.45, 2.75) is 27.7 Å². The summed E-state index contributed by atoms with van der Waals surface area (Å²) in [5.41, 5.74) is 8.33. The van der Waals surface area contributed by atoms with Crippen molar-refractivity contribution in [3.63, 3.8) is 0 Å². The second-order valence-electron chi connectivity index (χ2n) is 9.46. The van der Waals surface area contributed by atoms with Gasteiger partial charge in [0.2, 0.25) is 0 Å². The van der Waals surface area contributed by atoms with Gasteiger partial charge in [0.05, 0.1) is 34.1 Å². The minimum absolute atomic E-state index is 0.106. The lowest BCUT2D eigenvalue weighted by Crippen LogP contribution is -2.35. The molecular formula is C30H32N6O2. The average Bonchev–Trinajstić information content (AvgIpc) is 3.39. The molecule has 3 heterocycles. The molecule has 0 aliphatic carbocycles. The Balaban J connectivity index is 1.39. The summed E-state index contributed by atoms with van der Waals surface area (Å²) in [7, 11) is 0. The lowest BCUT2D eigenvalue weighted by atomic mass is 10.0. The van der Waals surface area contributed by atoms with Gasteiger partial charge in [-0.1, -0.05) is 38.1 Å². The number of benzene rings is 2. The van der Waals surface area contributed by atoms with Crippen LogP contribution in [0.15, 0.2) is 48.7 Å². The molecule has 0 spiro atoms. The van der Waals surface area contributed by atoms with Gasteiger partial charge >= 0.3 is 0 Å². The van der Waals surface area contributed by atoms with Crippen molar-refractivity contribution in [1.29, 1.82) is 0 Å². The highest BCUT2D eigenvalue weighted by Gasteiger charge is 2.26. The summed E-state index contributed by atoms with van der Waals surface area (Å²) in [6.07, 6.45) is 3.57. The van der Waals surface area contributed by atoms with E-state index in [0.717, 1.165) is 70.1 Å². The van der Waals surface area contributed by atoms with E-state index < -0.39 is 0 Å². The highest BCUT2D eigenvalue weighted by Crippen LogP contribution is 2.36. The number of rotatable bonds is 8. The van der Waals surface area contributed by atoms with Crippen molar-refractivity contribution < 1.29 is 9.59 Å². The lowest BCUT2D eigenvalue weighted by molar-refractivity contribution is -0.110. The number of nitrogens with zero attached hydrogens (tertiary/aromatic N) is 3. The number of amides is 2. The standard InChI is InChI=1S/C30H32N6O2/c1-5-36(6-2)14-13-31-30(38)28-18(3)25(33-19(28)4)16-22-21-12-11-20(15-26(21)35-29(22)37)27-17-32-23-9-7-8-10-24(23)34-27/h7-12,15-17,33H,5-6,13-14H2,1-4H3,(H,31,38)(H,35,37)/b22-16-. The van der Waals surface area contributed by atoms with Gasteiger partial charge < -0.3 is 20.5 Å². The van der Waals surface area contributed by atoms with E-state index in [1.807, 2.05) is 62.4 Å². The van der Waals surface area contributed by atoms with E-state index in [9.17, 15) is 9.59 Å². The lowest BCUT2D eigenvalue weighted by Gasteiger charge is -2.18. The predicted octanol–water partition coefficient (Wildman–Crippen LogP) is 4.81. The summed E-state index contributed by atoms with van der Waals surface area (Å²) in [6.45, 7) is 11.3. The number of likely N-dealkylation sites (N-methyl/N-ethyl adjacent to an activating group) is 1. The van der Waals surface area contributed by atoms with Gasteiger partial charge in [0.25, 0.3) is 11.8 Å². The van der Waals surface area contributed by atoms with Gasteiger partial charge in [-0.25, -0.2) is 4.98 Å². The molecule has 0 unspecified atom stereocenters. The molecule has 0 saturated heterocycles. The monoisotopic (exact) mass is 508 g/mol. The highest BCUT2D eigenvalue weighted by molar-refractivity contribution is 6.35. The molecule has 2 aromatic carbocycles. The van der Waals surface area contributed by atoms with Gasteiger partial charge in [0.1, 0.15) is 0 Å². The molecule has 5 rings (SSSR count). The van der Waals surface area contributed by atoms with E-state index in [1.54, 1.807) is 6.20 Å². The maximum absolute atomic E-state index is 13.0. The molecule has 0 saturated carbocycles. The first-order valence-electron chi connectivity index (χ1n) is 13.0. The Bertz CT molecular complexity index is 1560. The summed E-state index contributed by atoms with van der Waals surface area (Å²) in [5, 5.41) is 6.01.